The molecule has 9 heteroatoms. The fourth-order valence-electron chi connectivity index (χ4n) is 3.46. The predicted molar refractivity (Wildman–Crippen MR) is 116 cm³/mol. The van der Waals surface area contributed by atoms with E-state index in [2.05, 4.69) is 15.6 Å². The zero-order valence-corrected chi connectivity index (χ0v) is 18.1. The average molecular weight is 448 g/mol. The van der Waals surface area contributed by atoms with Gasteiger partial charge in [-0.2, -0.15) is 13.2 Å². The lowest BCUT2D eigenvalue weighted by Gasteiger charge is -2.35. The first kappa shape index (κ1) is 23.6. The van der Waals surface area contributed by atoms with E-state index in [-0.39, 0.29) is 5.91 Å². The molecule has 1 unspecified atom stereocenters. The van der Waals surface area contributed by atoms with Gasteiger partial charge in [0.25, 0.3) is 5.91 Å². The molecular formula is C23H27F3N4O2. The number of alkyl halides is 3. The van der Waals surface area contributed by atoms with Gasteiger partial charge in [0.1, 0.15) is 6.10 Å². The molecule has 1 atom stereocenters. The van der Waals surface area contributed by atoms with Gasteiger partial charge in [-0.05, 0) is 42.3 Å². The molecule has 0 spiro atoms. The standard InChI is InChI=1S/C23H27F3N4O2/c1-3-28-22(29-14-16-7-9-17(10-8-16)21(31)27-2)30-11-12-32-20(15-30)18-5-4-6-19(13-18)23(24,25)26/h4-10,13,20H,3,11-12,14-15H2,1-2H3,(H,27,31)(H,28,29). The summed E-state index contributed by atoms with van der Waals surface area (Å²) in [6.45, 7) is 4.37. The molecule has 1 heterocycles. The summed E-state index contributed by atoms with van der Waals surface area (Å²) in [5.74, 6) is 0.519. The minimum Gasteiger partial charge on any atom is -0.370 e. The minimum atomic E-state index is -4.39. The van der Waals surface area contributed by atoms with Crippen LogP contribution in [0.25, 0.3) is 0 Å². The molecule has 0 saturated carbocycles. The quantitative estimate of drug-likeness (QED) is 0.542. The molecule has 2 aromatic carbocycles. The van der Waals surface area contributed by atoms with Crippen LogP contribution in [0.1, 0.15) is 40.1 Å². The van der Waals surface area contributed by atoms with Crippen LogP contribution < -0.4 is 10.6 Å². The second-order valence-electron chi connectivity index (χ2n) is 7.37. The lowest BCUT2D eigenvalue weighted by molar-refractivity contribution is -0.137. The van der Waals surface area contributed by atoms with E-state index in [1.165, 1.54) is 6.07 Å². The third-order valence-electron chi connectivity index (χ3n) is 5.14. The molecule has 0 bridgehead atoms. The molecule has 32 heavy (non-hydrogen) atoms. The van der Waals surface area contributed by atoms with Crippen LogP contribution in [0.4, 0.5) is 13.2 Å². The van der Waals surface area contributed by atoms with Crippen LogP contribution in [0, 0.1) is 0 Å². The summed E-state index contributed by atoms with van der Waals surface area (Å²) >= 11 is 0. The van der Waals surface area contributed by atoms with Gasteiger partial charge >= 0.3 is 6.18 Å². The monoisotopic (exact) mass is 448 g/mol. The van der Waals surface area contributed by atoms with Gasteiger partial charge < -0.3 is 20.3 Å². The maximum absolute atomic E-state index is 13.1. The second-order valence-corrected chi connectivity index (χ2v) is 7.37. The van der Waals surface area contributed by atoms with Crippen molar-refractivity contribution in [1.29, 1.82) is 0 Å². The van der Waals surface area contributed by atoms with Gasteiger partial charge in [-0.3, -0.25) is 4.79 Å². The Morgan fingerprint density at radius 2 is 1.97 bits per heavy atom. The summed E-state index contributed by atoms with van der Waals surface area (Å²) < 4.78 is 45.0. The van der Waals surface area contributed by atoms with Gasteiger partial charge in [0.15, 0.2) is 5.96 Å². The van der Waals surface area contributed by atoms with E-state index in [4.69, 9.17) is 4.74 Å². The summed E-state index contributed by atoms with van der Waals surface area (Å²) in [6.07, 6.45) is -4.88. The Bertz CT molecular complexity index is 945. The van der Waals surface area contributed by atoms with Gasteiger partial charge in [0.2, 0.25) is 0 Å². The zero-order valence-electron chi connectivity index (χ0n) is 18.1. The number of benzene rings is 2. The highest BCUT2D eigenvalue weighted by Crippen LogP contribution is 2.32. The first-order valence-electron chi connectivity index (χ1n) is 10.4. The third-order valence-corrected chi connectivity index (χ3v) is 5.14. The van der Waals surface area contributed by atoms with Crippen molar-refractivity contribution in [1.82, 2.24) is 15.5 Å². The van der Waals surface area contributed by atoms with Crippen LogP contribution in [0.5, 0.6) is 0 Å². The number of hydrogen-bond acceptors (Lipinski definition) is 3. The van der Waals surface area contributed by atoms with E-state index in [9.17, 15) is 18.0 Å². The highest BCUT2D eigenvalue weighted by molar-refractivity contribution is 5.93. The van der Waals surface area contributed by atoms with Gasteiger partial charge in [-0.25, -0.2) is 4.99 Å². The molecular weight excluding hydrogens is 421 g/mol. The second kappa shape index (κ2) is 10.5. The van der Waals surface area contributed by atoms with Crippen molar-refractivity contribution < 1.29 is 22.7 Å². The van der Waals surface area contributed by atoms with Gasteiger partial charge in [0, 0.05) is 25.7 Å². The summed E-state index contributed by atoms with van der Waals surface area (Å²) in [7, 11) is 1.58. The third kappa shape index (κ3) is 6.00. The molecule has 0 aliphatic carbocycles. The first-order valence-corrected chi connectivity index (χ1v) is 10.4. The molecule has 1 aliphatic rings. The van der Waals surface area contributed by atoms with Crippen molar-refractivity contribution >= 4 is 11.9 Å². The Morgan fingerprint density at radius 3 is 2.62 bits per heavy atom. The summed E-state index contributed by atoms with van der Waals surface area (Å²) in [5.41, 5.74) is 1.32. The van der Waals surface area contributed by atoms with E-state index < -0.39 is 17.8 Å². The highest BCUT2D eigenvalue weighted by Gasteiger charge is 2.32. The van der Waals surface area contributed by atoms with Crippen molar-refractivity contribution in [3.8, 4) is 0 Å². The Labute approximate surface area is 185 Å². The molecule has 6 nitrogen and oxygen atoms in total. The van der Waals surface area contributed by atoms with Gasteiger partial charge in [-0.1, -0.05) is 24.3 Å². The van der Waals surface area contributed by atoms with Crippen molar-refractivity contribution in [3.63, 3.8) is 0 Å². The van der Waals surface area contributed by atoms with Crippen LogP contribution in [0.2, 0.25) is 0 Å². The maximum atomic E-state index is 13.1. The molecule has 3 rings (SSSR count). The largest absolute Gasteiger partial charge is 0.416 e. The molecule has 1 fully saturated rings. The summed E-state index contributed by atoms with van der Waals surface area (Å²) in [5, 5.41) is 5.83. The predicted octanol–water partition coefficient (Wildman–Crippen LogP) is 3.60. The van der Waals surface area contributed by atoms with Crippen LogP contribution in [0.3, 0.4) is 0 Å². The number of rotatable bonds is 5. The topological polar surface area (TPSA) is 66.0 Å². The molecule has 2 aromatic rings. The number of hydrogen-bond donors (Lipinski definition) is 2. The smallest absolute Gasteiger partial charge is 0.370 e. The van der Waals surface area contributed by atoms with Gasteiger partial charge in [0.05, 0.1) is 25.3 Å². The van der Waals surface area contributed by atoms with E-state index in [1.54, 1.807) is 25.2 Å². The number of nitrogens with one attached hydrogen (secondary N) is 2. The fraction of sp³-hybridized carbons (Fsp3) is 0.391. The van der Waals surface area contributed by atoms with Gasteiger partial charge in [-0.15, -0.1) is 0 Å². The van der Waals surface area contributed by atoms with E-state index in [1.807, 2.05) is 24.0 Å². The van der Waals surface area contributed by atoms with E-state index in [0.29, 0.717) is 49.9 Å². The minimum absolute atomic E-state index is 0.151. The molecule has 1 amide bonds. The number of aliphatic imine (C=N–C) groups is 1. The molecule has 1 saturated heterocycles. The van der Waals surface area contributed by atoms with Crippen LogP contribution in [0.15, 0.2) is 53.5 Å². The van der Waals surface area contributed by atoms with Crippen molar-refractivity contribution in [2.24, 2.45) is 4.99 Å². The Balaban J connectivity index is 1.73. The fourth-order valence-corrected chi connectivity index (χ4v) is 3.46. The lowest BCUT2D eigenvalue weighted by Crippen LogP contribution is -2.48. The molecule has 1 aliphatic heterocycles. The SMILES string of the molecule is CCNC(=NCc1ccc(C(=O)NC)cc1)N1CCOC(c2cccc(C(F)(F)F)c2)C1. The summed E-state index contributed by atoms with van der Waals surface area (Å²) in [6, 6.07) is 12.5. The lowest BCUT2D eigenvalue weighted by atomic mass is 10.0. The molecule has 0 radical (unpaired) electrons. The number of ether oxygens (including phenoxy) is 1. The number of carbonyl (C=O) groups excluding carboxylic acids is 1. The number of halogens is 3. The van der Waals surface area contributed by atoms with Crippen molar-refractivity contribution in [2.45, 2.75) is 25.7 Å². The van der Waals surface area contributed by atoms with Crippen LogP contribution in [-0.2, 0) is 17.5 Å². The van der Waals surface area contributed by atoms with Crippen molar-refractivity contribution in [3.05, 3.63) is 70.8 Å². The number of nitrogens with zero attached hydrogens (tertiary/aromatic N) is 2. The maximum Gasteiger partial charge on any atom is 0.416 e. The highest BCUT2D eigenvalue weighted by atomic mass is 19.4. The molecule has 0 aromatic heterocycles. The number of carbonyl (C=O) groups is 1. The molecule has 2 N–H and O–H groups in total. The van der Waals surface area contributed by atoms with Crippen LogP contribution in [-0.4, -0.2) is 50.1 Å². The summed E-state index contributed by atoms with van der Waals surface area (Å²) in [4.78, 5) is 18.4. The number of morpholine rings is 1. The van der Waals surface area contributed by atoms with E-state index >= 15 is 0 Å². The molecule has 172 valence electrons. The average Bonchev–Trinajstić information content (AvgIpc) is 2.81. The van der Waals surface area contributed by atoms with E-state index in [0.717, 1.165) is 17.7 Å². The normalized spacial score (nSPS) is 17.2. The number of amides is 1. The Morgan fingerprint density at radius 1 is 1.22 bits per heavy atom. The first-order chi connectivity index (χ1) is 15.3. The van der Waals surface area contributed by atoms with Crippen LogP contribution >= 0.6 is 0 Å². The Kier molecular flexibility index (Phi) is 7.74. The van der Waals surface area contributed by atoms with Crippen molar-refractivity contribution in [2.75, 3.05) is 33.3 Å². The zero-order chi connectivity index (χ0) is 23.1. The number of guanidine groups is 1. The Hall–Kier alpha value is -3.07.